The number of nitrogens with zero attached hydrogens (tertiary/aromatic N) is 1. The lowest BCUT2D eigenvalue weighted by Crippen LogP contribution is -2.36. The average molecular weight is 341 g/mol. The number of hydrogen-bond donors (Lipinski definition) is 0. The number of methoxy groups -OCH3 is 1. The van der Waals surface area contributed by atoms with Crippen molar-refractivity contribution in [2.24, 2.45) is 0 Å². The first kappa shape index (κ1) is 17.4. The zero-order valence-corrected chi connectivity index (χ0v) is 13.7. The van der Waals surface area contributed by atoms with Gasteiger partial charge < -0.3 is 9.47 Å². The highest BCUT2D eigenvalue weighted by atomic mass is 32.2. The fourth-order valence-electron chi connectivity index (χ4n) is 2.37. The largest absolute Gasteiger partial charge is 0.466 e. The molecular formula is C15H19NO6S. The molecule has 7 nitrogen and oxygen atoms in total. The fraction of sp³-hybridized carbons (Fsp3) is 0.467. The second-order valence-electron chi connectivity index (χ2n) is 5.11. The van der Waals surface area contributed by atoms with Crippen LogP contribution in [0.3, 0.4) is 0 Å². The Bertz CT molecular complexity index is 679. The van der Waals surface area contributed by atoms with Gasteiger partial charge in [-0.3, -0.25) is 0 Å². The molecule has 1 saturated heterocycles. The van der Waals surface area contributed by atoms with E-state index in [0.29, 0.717) is 13.1 Å². The van der Waals surface area contributed by atoms with E-state index in [-0.39, 0.29) is 10.5 Å². The molecule has 0 aromatic heterocycles. The van der Waals surface area contributed by atoms with Crippen molar-refractivity contribution in [2.75, 3.05) is 26.8 Å². The summed E-state index contributed by atoms with van der Waals surface area (Å²) in [5, 5.41) is 0. The van der Waals surface area contributed by atoms with Gasteiger partial charge in [0.05, 0.1) is 17.6 Å². The third kappa shape index (κ3) is 4.08. The highest BCUT2D eigenvalue weighted by molar-refractivity contribution is 7.89. The van der Waals surface area contributed by atoms with Gasteiger partial charge in [0.1, 0.15) is 0 Å². The summed E-state index contributed by atoms with van der Waals surface area (Å²) in [6.45, 7) is 0.315. The number of benzene rings is 1. The van der Waals surface area contributed by atoms with E-state index in [9.17, 15) is 18.0 Å². The Balaban J connectivity index is 2.26. The summed E-state index contributed by atoms with van der Waals surface area (Å²) in [6.07, 6.45) is 2.59. The van der Waals surface area contributed by atoms with Crippen molar-refractivity contribution in [3.8, 4) is 0 Å². The van der Waals surface area contributed by atoms with Gasteiger partial charge in [0.15, 0.2) is 6.61 Å². The van der Waals surface area contributed by atoms with Crippen molar-refractivity contribution in [1.29, 1.82) is 0 Å². The molecule has 0 bridgehead atoms. The standard InChI is InChI=1S/C15H19NO6S/c1-21-14(17)11-22-15(18)12-7-3-4-8-13(12)23(19,20)16-9-5-2-6-10-16/h3-4,7-8H,2,5-6,9-11H2,1H3. The summed E-state index contributed by atoms with van der Waals surface area (Å²) in [4.78, 5) is 23.1. The molecule has 0 N–H and O–H groups in total. The van der Waals surface area contributed by atoms with Crippen LogP contribution in [0.2, 0.25) is 0 Å². The van der Waals surface area contributed by atoms with E-state index in [4.69, 9.17) is 4.74 Å². The Morgan fingerprint density at radius 3 is 2.43 bits per heavy atom. The summed E-state index contributed by atoms with van der Waals surface area (Å²) in [7, 11) is -2.59. The van der Waals surface area contributed by atoms with Crippen molar-refractivity contribution in [3.05, 3.63) is 29.8 Å². The molecule has 8 heteroatoms. The molecule has 126 valence electrons. The molecular weight excluding hydrogens is 322 g/mol. The summed E-state index contributed by atoms with van der Waals surface area (Å²) < 4.78 is 36.0. The van der Waals surface area contributed by atoms with Crippen molar-refractivity contribution < 1.29 is 27.5 Å². The van der Waals surface area contributed by atoms with Crippen LogP contribution in [-0.4, -0.2) is 51.5 Å². The monoisotopic (exact) mass is 341 g/mol. The topological polar surface area (TPSA) is 90.0 Å². The van der Waals surface area contributed by atoms with Crippen LogP contribution in [0.25, 0.3) is 0 Å². The Hall–Kier alpha value is -1.93. The maximum Gasteiger partial charge on any atom is 0.344 e. The lowest BCUT2D eigenvalue weighted by Gasteiger charge is -2.26. The van der Waals surface area contributed by atoms with Crippen LogP contribution in [0, 0.1) is 0 Å². The Morgan fingerprint density at radius 1 is 1.13 bits per heavy atom. The van der Waals surface area contributed by atoms with Gasteiger partial charge >= 0.3 is 11.9 Å². The number of sulfonamides is 1. The average Bonchev–Trinajstić information content (AvgIpc) is 2.60. The van der Waals surface area contributed by atoms with Crippen molar-refractivity contribution in [2.45, 2.75) is 24.2 Å². The molecule has 0 aliphatic carbocycles. The molecule has 0 saturated carbocycles. The minimum absolute atomic E-state index is 0.0815. The number of rotatable bonds is 5. The Labute approximate surface area is 135 Å². The smallest absolute Gasteiger partial charge is 0.344 e. The fourth-order valence-corrected chi connectivity index (χ4v) is 4.06. The SMILES string of the molecule is COC(=O)COC(=O)c1ccccc1S(=O)(=O)N1CCCCC1. The third-order valence-electron chi connectivity index (χ3n) is 3.59. The quantitative estimate of drug-likeness (QED) is 0.747. The summed E-state index contributed by atoms with van der Waals surface area (Å²) in [5.74, 6) is -1.58. The first-order valence-electron chi connectivity index (χ1n) is 7.30. The molecule has 1 aromatic rings. The Kier molecular flexibility index (Phi) is 5.73. The Morgan fingerprint density at radius 2 is 1.78 bits per heavy atom. The zero-order chi connectivity index (χ0) is 16.9. The molecule has 23 heavy (non-hydrogen) atoms. The van der Waals surface area contributed by atoms with E-state index in [0.717, 1.165) is 19.3 Å². The van der Waals surface area contributed by atoms with E-state index in [2.05, 4.69) is 4.74 Å². The van der Waals surface area contributed by atoms with Crippen LogP contribution in [0.1, 0.15) is 29.6 Å². The molecule has 2 rings (SSSR count). The van der Waals surface area contributed by atoms with Crippen LogP contribution in [0.4, 0.5) is 0 Å². The third-order valence-corrected chi connectivity index (χ3v) is 5.55. The molecule has 0 atom stereocenters. The van der Waals surface area contributed by atoms with Crippen LogP contribution >= 0.6 is 0 Å². The van der Waals surface area contributed by atoms with Crippen LogP contribution in [0.5, 0.6) is 0 Å². The first-order valence-corrected chi connectivity index (χ1v) is 8.74. The molecule has 0 radical (unpaired) electrons. The first-order chi connectivity index (χ1) is 11.0. The lowest BCUT2D eigenvalue weighted by molar-refractivity contribution is -0.144. The summed E-state index contributed by atoms with van der Waals surface area (Å²) in [6, 6.07) is 5.84. The summed E-state index contributed by atoms with van der Waals surface area (Å²) in [5.41, 5.74) is -0.0815. The number of carbonyl (C=O) groups excluding carboxylic acids is 2. The lowest BCUT2D eigenvalue weighted by atomic mass is 10.2. The molecule has 1 fully saturated rings. The normalized spacial score (nSPS) is 15.9. The van der Waals surface area contributed by atoms with E-state index in [1.165, 1.54) is 23.5 Å². The van der Waals surface area contributed by atoms with Crippen molar-refractivity contribution in [3.63, 3.8) is 0 Å². The van der Waals surface area contributed by atoms with Gasteiger partial charge in [0, 0.05) is 13.1 Å². The van der Waals surface area contributed by atoms with E-state index < -0.39 is 28.6 Å². The molecule has 0 amide bonds. The molecule has 0 unspecified atom stereocenters. The number of carbonyl (C=O) groups is 2. The van der Waals surface area contributed by atoms with Crippen molar-refractivity contribution in [1.82, 2.24) is 4.31 Å². The predicted octanol–water partition coefficient (Wildman–Crippen LogP) is 1.19. The predicted molar refractivity (Wildman–Crippen MR) is 81.4 cm³/mol. The summed E-state index contributed by atoms with van der Waals surface area (Å²) >= 11 is 0. The second kappa shape index (κ2) is 7.56. The maximum atomic E-state index is 12.7. The number of hydrogen-bond acceptors (Lipinski definition) is 6. The van der Waals surface area contributed by atoms with Gasteiger partial charge in [-0.2, -0.15) is 4.31 Å². The van der Waals surface area contributed by atoms with Crippen LogP contribution < -0.4 is 0 Å². The van der Waals surface area contributed by atoms with Gasteiger partial charge in [0.25, 0.3) is 0 Å². The molecule has 1 aliphatic rings. The molecule has 0 spiro atoms. The van der Waals surface area contributed by atoms with Crippen LogP contribution in [-0.2, 0) is 24.3 Å². The molecule has 1 heterocycles. The van der Waals surface area contributed by atoms with E-state index in [1.54, 1.807) is 12.1 Å². The van der Waals surface area contributed by atoms with Gasteiger partial charge in [0.2, 0.25) is 10.0 Å². The van der Waals surface area contributed by atoms with E-state index >= 15 is 0 Å². The van der Waals surface area contributed by atoms with Gasteiger partial charge in [-0.25, -0.2) is 18.0 Å². The highest BCUT2D eigenvalue weighted by Crippen LogP contribution is 2.24. The maximum absolute atomic E-state index is 12.7. The second-order valence-corrected chi connectivity index (χ2v) is 7.02. The number of ether oxygens (including phenoxy) is 2. The van der Waals surface area contributed by atoms with Gasteiger partial charge in [-0.15, -0.1) is 0 Å². The number of esters is 2. The minimum atomic E-state index is -3.77. The zero-order valence-electron chi connectivity index (χ0n) is 12.9. The number of piperidine rings is 1. The van der Waals surface area contributed by atoms with Crippen molar-refractivity contribution >= 4 is 22.0 Å². The highest BCUT2D eigenvalue weighted by Gasteiger charge is 2.30. The minimum Gasteiger partial charge on any atom is -0.466 e. The van der Waals surface area contributed by atoms with Gasteiger partial charge in [-0.05, 0) is 25.0 Å². The van der Waals surface area contributed by atoms with E-state index in [1.807, 2.05) is 0 Å². The molecule has 1 aliphatic heterocycles. The van der Waals surface area contributed by atoms with Gasteiger partial charge in [-0.1, -0.05) is 18.6 Å². The van der Waals surface area contributed by atoms with Crippen LogP contribution in [0.15, 0.2) is 29.2 Å². The molecule has 1 aromatic carbocycles.